The summed E-state index contributed by atoms with van der Waals surface area (Å²) < 4.78 is 0. The topological polar surface area (TPSA) is 0 Å². The smallest absolute Gasteiger partial charge is 0.0633 e. The summed E-state index contributed by atoms with van der Waals surface area (Å²) >= 11 is 0. The van der Waals surface area contributed by atoms with Crippen molar-refractivity contribution in [3.05, 3.63) is 83.9 Å². The molecule has 3 aromatic carbocycles. The maximum absolute atomic E-state index is 2.47. The molecule has 0 saturated heterocycles. The Morgan fingerprint density at radius 2 is 1.32 bits per heavy atom. The molecule has 0 aromatic heterocycles. The van der Waals surface area contributed by atoms with E-state index in [0.717, 1.165) is 0 Å². The molecule has 0 N–H and O–H groups in total. The fraction of sp³-hybridized carbons (Fsp3) is 0.143. The Hall–Kier alpha value is -2.12. The van der Waals surface area contributed by atoms with Gasteiger partial charge in [-0.2, -0.15) is 0 Å². The predicted octanol–water partition coefficient (Wildman–Crippen LogP) is 3.11. The summed E-state index contributed by atoms with van der Waals surface area (Å²) in [7, 11) is -0.387. The van der Waals surface area contributed by atoms with Gasteiger partial charge in [-0.1, -0.05) is 97.0 Å². The van der Waals surface area contributed by atoms with Crippen LogP contribution in [0.2, 0.25) is 0 Å². The average molecular weight is 300 g/mol. The normalized spacial score (nSPS) is 15.0. The quantitative estimate of drug-likeness (QED) is 0.638. The maximum atomic E-state index is 2.47. The van der Waals surface area contributed by atoms with Gasteiger partial charge in [-0.25, -0.2) is 0 Å². The van der Waals surface area contributed by atoms with Gasteiger partial charge in [-0.3, -0.25) is 0 Å². The fourth-order valence-electron chi connectivity index (χ4n) is 3.69. The van der Waals surface area contributed by atoms with Crippen LogP contribution in [0.3, 0.4) is 0 Å². The molecule has 0 aliphatic heterocycles. The van der Waals surface area contributed by atoms with E-state index in [1.54, 1.807) is 0 Å². The van der Waals surface area contributed by atoms with Crippen LogP contribution in [0.5, 0.6) is 0 Å². The van der Waals surface area contributed by atoms with E-state index in [0.29, 0.717) is 0 Å². The van der Waals surface area contributed by atoms with Gasteiger partial charge in [0.1, 0.15) is 0 Å². The van der Waals surface area contributed by atoms with Crippen LogP contribution in [0.15, 0.2) is 72.8 Å². The number of fused-ring (bicyclic) bond motifs is 3. The molecule has 22 heavy (non-hydrogen) atoms. The van der Waals surface area contributed by atoms with Crippen LogP contribution in [0, 0.1) is 0 Å². The summed E-state index contributed by atoms with van der Waals surface area (Å²) in [5.41, 5.74) is 5.91. The Labute approximate surface area is 134 Å². The molecule has 108 valence electrons. The summed E-state index contributed by atoms with van der Waals surface area (Å²) in [5, 5.41) is 3.04. The monoisotopic (exact) mass is 300 g/mol. The standard InChI is InChI=1S/C21H20Si/c1-21(2)19-11-7-6-10-17(19)18-13-12-16(14-20(18)21)22-15-8-4-3-5-9-15/h3-14H,22H2,1-2H3. The van der Waals surface area contributed by atoms with Crippen LogP contribution in [0.1, 0.15) is 25.0 Å². The summed E-state index contributed by atoms with van der Waals surface area (Å²) in [5.74, 6) is 0. The molecule has 0 atom stereocenters. The molecule has 0 amide bonds. The van der Waals surface area contributed by atoms with Gasteiger partial charge >= 0.3 is 0 Å². The Balaban J connectivity index is 1.79. The summed E-state index contributed by atoms with van der Waals surface area (Å²) in [4.78, 5) is 0. The zero-order valence-electron chi connectivity index (χ0n) is 13.1. The van der Waals surface area contributed by atoms with Crippen molar-refractivity contribution in [2.24, 2.45) is 0 Å². The van der Waals surface area contributed by atoms with E-state index in [1.165, 1.54) is 32.6 Å². The molecule has 0 saturated carbocycles. The van der Waals surface area contributed by atoms with Crippen LogP contribution in [0.25, 0.3) is 11.1 Å². The summed E-state index contributed by atoms with van der Waals surface area (Å²) in [6.07, 6.45) is 0. The Morgan fingerprint density at radius 3 is 2.14 bits per heavy atom. The van der Waals surface area contributed by atoms with Gasteiger partial charge < -0.3 is 0 Å². The third-order valence-electron chi connectivity index (χ3n) is 4.90. The molecule has 0 spiro atoms. The van der Waals surface area contributed by atoms with Crippen LogP contribution in [-0.4, -0.2) is 9.52 Å². The molecule has 1 aliphatic carbocycles. The predicted molar refractivity (Wildman–Crippen MR) is 98.3 cm³/mol. The van der Waals surface area contributed by atoms with Crippen molar-refractivity contribution < 1.29 is 0 Å². The minimum atomic E-state index is -0.387. The van der Waals surface area contributed by atoms with E-state index in [9.17, 15) is 0 Å². The molecular weight excluding hydrogens is 280 g/mol. The summed E-state index contributed by atoms with van der Waals surface area (Å²) in [6, 6.07) is 26.9. The first-order chi connectivity index (χ1) is 10.7. The van der Waals surface area contributed by atoms with E-state index < -0.39 is 0 Å². The van der Waals surface area contributed by atoms with E-state index in [-0.39, 0.29) is 14.9 Å². The first-order valence-electron chi connectivity index (χ1n) is 7.93. The molecule has 0 nitrogen and oxygen atoms in total. The third kappa shape index (κ3) is 2.05. The van der Waals surface area contributed by atoms with Gasteiger partial charge in [0.05, 0.1) is 9.52 Å². The molecule has 0 heterocycles. The zero-order valence-corrected chi connectivity index (χ0v) is 14.5. The molecule has 0 radical (unpaired) electrons. The minimum absolute atomic E-state index is 0.118. The molecule has 0 unspecified atom stereocenters. The Bertz CT molecular complexity index is 832. The fourth-order valence-corrected chi connectivity index (χ4v) is 5.21. The SMILES string of the molecule is CC1(C)c2ccccc2-c2ccc([SiH2]c3ccccc3)cc21. The second-order valence-corrected chi connectivity index (χ2v) is 8.70. The first-order valence-corrected chi connectivity index (χ1v) is 9.35. The third-order valence-corrected chi connectivity index (χ3v) is 6.63. The van der Waals surface area contributed by atoms with Crippen LogP contribution >= 0.6 is 0 Å². The average Bonchev–Trinajstić information content (AvgIpc) is 2.77. The lowest BCUT2D eigenvalue weighted by molar-refractivity contribution is 0.661. The molecular formula is C21H20Si. The number of rotatable bonds is 2. The second-order valence-electron chi connectivity index (χ2n) is 6.71. The highest BCUT2D eigenvalue weighted by molar-refractivity contribution is 6.67. The first kappa shape index (κ1) is 13.5. The highest BCUT2D eigenvalue weighted by atomic mass is 28.2. The second kappa shape index (κ2) is 4.96. The van der Waals surface area contributed by atoms with E-state index >= 15 is 0 Å². The maximum Gasteiger partial charge on any atom is 0.0875 e. The number of hydrogen-bond acceptors (Lipinski definition) is 0. The van der Waals surface area contributed by atoms with Gasteiger partial charge in [-0.15, -0.1) is 0 Å². The van der Waals surface area contributed by atoms with Crippen molar-refractivity contribution in [1.29, 1.82) is 0 Å². The summed E-state index contributed by atoms with van der Waals surface area (Å²) in [6.45, 7) is 4.71. The van der Waals surface area contributed by atoms with E-state index in [2.05, 4.69) is 86.6 Å². The largest absolute Gasteiger partial charge is 0.0875 e. The lowest BCUT2D eigenvalue weighted by atomic mass is 9.82. The number of benzene rings is 3. The Morgan fingerprint density at radius 1 is 0.636 bits per heavy atom. The van der Waals surface area contributed by atoms with Gasteiger partial charge in [0.2, 0.25) is 0 Å². The van der Waals surface area contributed by atoms with Crippen molar-refractivity contribution in [1.82, 2.24) is 0 Å². The van der Waals surface area contributed by atoms with Gasteiger partial charge in [0.15, 0.2) is 0 Å². The highest BCUT2D eigenvalue weighted by Crippen LogP contribution is 2.47. The zero-order chi connectivity index (χ0) is 15.2. The van der Waals surface area contributed by atoms with Crippen LogP contribution in [0.4, 0.5) is 0 Å². The van der Waals surface area contributed by atoms with E-state index in [1.807, 2.05) is 0 Å². The molecule has 1 heteroatoms. The Kier molecular flexibility index (Phi) is 3.05. The van der Waals surface area contributed by atoms with Crippen LogP contribution < -0.4 is 10.4 Å². The molecule has 4 rings (SSSR count). The van der Waals surface area contributed by atoms with Crippen molar-refractivity contribution in [3.63, 3.8) is 0 Å². The van der Waals surface area contributed by atoms with Crippen molar-refractivity contribution >= 4 is 19.9 Å². The molecule has 1 aliphatic rings. The lowest BCUT2D eigenvalue weighted by Crippen LogP contribution is -2.28. The number of hydrogen-bond donors (Lipinski definition) is 0. The minimum Gasteiger partial charge on any atom is -0.0633 e. The van der Waals surface area contributed by atoms with Crippen LogP contribution in [-0.2, 0) is 5.41 Å². The van der Waals surface area contributed by atoms with E-state index in [4.69, 9.17) is 0 Å². The van der Waals surface area contributed by atoms with Crippen molar-refractivity contribution in [2.45, 2.75) is 19.3 Å². The highest BCUT2D eigenvalue weighted by Gasteiger charge is 2.34. The van der Waals surface area contributed by atoms with Crippen molar-refractivity contribution in [3.8, 4) is 11.1 Å². The van der Waals surface area contributed by atoms with Crippen molar-refractivity contribution in [2.75, 3.05) is 0 Å². The molecule has 0 fully saturated rings. The molecule has 0 bridgehead atoms. The van der Waals surface area contributed by atoms with Gasteiger partial charge in [0.25, 0.3) is 0 Å². The van der Waals surface area contributed by atoms with Gasteiger partial charge in [-0.05, 0) is 22.3 Å². The lowest BCUT2D eigenvalue weighted by Gasteiger charge is -2.22. The molecule has 3 aromatic rings. The van der Waals surface area contributed by atoms with Gasteiger partial charge in [0, 0.05) is 5.41 Å².